The Hall–Kier alpha value is -4.04. The van der Waals surface area contributed by atoms with Gasteiger partial charge < -0.3 is 30.3 Å². The van der Waals surface area contributed by atoms with Crippen LogP contribution in [-0.4, -0.2) is 38.7 Å². The molecule has 0 bridgehead atoms. The average molecular weight is 475 g/mol. The van der Waals surface area contributed by atoms with Crippen molar-refractivity contribution in [3.05, 3.63) is 89.5 Å². The fraction of sp³-hybridized carbons (Fsp3) is 0.259. The maximum absolute atomic E-state index is 12.4. The Morgan fingerprint density at radius 3 is 2.46 bits per heavy atom. The number of anilines is 2. The molecule has 3 amide bonds. The summed E-state index contributed by atoms with van der Waals surface area (Å²) < 4.78 is 11.0. The molecule has 0 unspecified atom stereocenters. The van der Waals surface area contributed by atoms with Gasteiger partial charge in [0.2, 0.25) is 5.91 Å². The van der Waals surface area contributed by atoms with Crippen LogP contribution in [-0.2, 0) is 29.3 Å². The number of urea groups is 1. The first kappa shape index (κ1) is 24.1. The number of benzene rings is 3. The van der Waals surface area contributed by atoms with Gasteiger partial charge in [0.25, 0.3) is 0 Å². The Kier molecular flexibility index (Phi) is 8.19. The largest absolute Gasteiger partial charge is 0.497 e. The number of nitrogens with zero attached hydrogens (tertiary/aromatic N) is 1. The zero-order valence-electron chi connectivity index (χ0n) is 19.8. The fourth-order valence-corrected chi connectivity index (χ4v) is 3.79. The van der Waals surface area contributed by atoms with Gasteiger partial charge in [-0.05, 0) is 53.1 Å². The van der Waals surface area contributed by atoms with Crippen molar-refractivity contribution in [3.63, 3.8) is 0 Å². The van der Waals surface area contributed by atoms with E-state index in [0.29, 0.717) is 38.5 Å². The van der Waals surface area contributed by atoms with Crippen molar-refractivity contribution in [3.8, 4) is 5.75 Å². The van der Waals surface area contributed by atoms with Gasteiger partial charge in [0.15, 0.2) is 0 Å². The molecule has 3 aromatic rings. The molecule has 0 saturated carbocycles. The molecule has 3 aromatic carbocycles. The zero-order valence-corrected chi connectivity index (χ0v) is 19.8. The molecule has 1 saturated heterocycles. The van der Waals surface area contributed by atoms with Crippen molar-refractivity contribution >= 4 is 23.3 Å². The van der Waals surface area contributed by atoms with E-state index >= 15 is 0 Å². The minimum Gasteiger partial charge on any atom is -0.497 e. The predicted octanol–water partition coefficient (Wildman–Crippen LogP) is 3.67. The van der Waals surface area contributed by atoms with Crippen molar-refractivity contribution in [1.29, 1.82) is 0 Å². The number of carbonyl (C=O) groups is 2. The van der Waals surface area contributed by atoms with E-state index in [0.717, 1.165) is 34.7 Å². The van der Waals surface area contributed by atoms with Crippen molar-refractivity contribution < 1.29 is 19.1 Å². The van der Waals surface area contributed by atoms with E-state index in [-0.39, 0.29) is 11.9 Å². The van der Waals surface area contributed by atoms with Gasteiger partial charge in [-0.3, -0.25) is 4.79 Å². The summed E-state index contributed by atoms with van der Waals surface area (Å²) in [6, 6.07) is 23.0. The number of carbonyl (C=O) groups excluding carboxylic acids is 2. The molecule has 182 valence electrons. The summed E-state index contributed by atoms with van der Waals surface area (Å²) in [6.45, 7) is 3.14. The van der Waals surface area contributed by atoms with Crippen molar-refractivity contribution in [2.24, 2.45) is 0 Å². The smallest absolute Gasteiger partial charge is 0.319 e. The van der Waals surface area contributed by atoms with Gasteiger partial charge in [-0.1, -0.05) is 36.4 Å². The number of hydrogen-bond donors (Lipinski definition) is 3. The van der Waals surface area contributed by atoms with Crippen molar-refractivity contribution in [1.82, 2.24) is 10.6 Å². The lowest BCUT2D eigenvalue weighted by Crippen LogP contribution is -2.47. The first-order valence-electron chi connectivity index (χ1n) is 11.5. The molecule has 0 radical (unpaired) electrons. The topological polar surface area (TPSA) is 91.9 Å². The van der Waals surface area contributed by atoms with E-state index in [2.05, 4.69) is 16.0 Å². The highest BCUT2D eigenvalue weighted by Crippen LogP contribution is 2.17. The predicted molar refractivity (Wildman–Crippen MR) is 135 cm³/mol. The van der Waals surface area contributed by atoms with Crippen LogP contribution in [0.5, 0.6) is 5.75 Å². The lowest BCUT2D eigenvalue weighted by molar-refractivity contribution is -0.120. The third-order valence-electron chi connectivity index (χ3n) is 5.67. The van der Waals surface area contributed by atoms with Crippen molar-refractivity contribution in [2.75, 3.05) is 37.0 Å². The van der Waals surface area contributed by atoms with Gasteiger partial charge in [0.1, 0.15) is 5.75 Å². The molecule has 0 aromatic heterocycles. The molecule has 1 heterocycles. The number of rotatable bonds is 9. The van der Waals surface area contributed by atoms with Crippen molar-refractivity contribution in [2.45, 2.75) is 19.8 Å². The summed E-state index contributed by atoms with van der Waals surface area (Å²) >= 11 is 0. The summed E-state index contributed by atoms with van der Waals surface area (Å²) in [7, 11) is 1.64. The number of piperazine rings is 1. The second-order valence-electron chi connectivity index (χ2n) is 8.29. The number of amides is 3. The van der Waals surface area contributed by atoms with Gasteiger partial charge in [-0.15, -0.1) is 0 Å². The normalized spacial score (nSPS) is 13.2. The number of nitrogens with one attached hydrogen (secondary N) is 3. The highest BCUT2D eigenvalue weighted by molar-refractivity contribution is 5.89. The number of hydrogen-bond acceptors (Lipinski definition) is 5. The summed E-state index contributed by atoms with van der Waals surface area (Å²) in [6.07, 6.45) is 0. The van der Waals surface area contributed by atoms with Gasteiger partial charge in [-0.2, -0.15) is 0 Å². The summed E-state index contributed by atoms with van der Waals surface area (Å²) in [5, 5.41) is 8.57. The summed E-state index contributed by atoms with van der Waals surface area (Å²) in [5.41, 5.74) is 4.71. The third kappa shape index (κ3) is 7.22. The maximum Gasteiger partial charge on any atom is 0.319 e. The molecule has 0 aliphatic carbocycles. The molecule has 0 spiro atoms. The van der Waals surface area contributed by atoms with Crippen LogP contribution in [0.15, 0.2) is 72.8 Å². The molecule has 1 aliphatic rings. The van der Waals surface area contributed by atoms with Crippen LogP contribution >= 0.6 is 0 Å². The fourth-order valence-electron chi connectivity index (χ4n) is 3.79. The molecule has 1 aliphatic heterocycles. The van der Waals surface area contributed by atoms with Crippen LogP contribution in [0.2, 0.25) is 0 Å². The maximum atomic E-state index is 12.4. The molecular formula is C27H30N4O4. The van der Waals surface area contributed by atoms with Gasteiger partial charge >= 0.3 is 6.03 Å². The monoisotopic (exact) mass is 474 g/mol. The average Bonchev–Trinajstić information content (AvgIpc) is 2.88. The Morgan fingerprint density at radius 1 is 0.971 bits per heavy atom. The quantitative estimate of drug-likeness (QED) is 0.440. The van der Waals surface area contributed by atoms with E-state index in [9.17, 15) is 9.59 Å². The van der Waals surface area contributed by atoms with Crippen LogP contribution < -0.4 is 25.6 Å². The molecule has 4 rings (SSSR count). The van der Waals surface area contributed by atoms with E-state index in [1.807, 2.05) is 77.7 Å². The Morgan fingerprint density at radius 2 is 1.71 bits per heavy atom. The second-order valence-corrected chi connectivity index (χ2v) is 8.29. The van der Waals surface area contributed by atoms with Crippen LogP contribution in [0.4, 0.5) is 16.2 Å². The van der Waals surface area contributed by atoms with E-state index in [1.165, 1.54) is 0 Å². The van der Waals surface area contributed by atoms with Gasteiger partial charge in [-0.25, -0.2) is 4.79 Å². The van der Waals surface area contributed by atoms with E-state index in [1.54, 1.807) is 7.11 Å². The summed E-state index contributed by atoms with van der Waals surface area (Å²) in [4.78, 5) is 26.0. The second kappa shape index (κ2) is 11.9. The lowest BCUT2D eigenvalue weighted by atomic mass is 10.2. The molecule has 1 fully saturated rings. The Balaban J connectivity index is 1.21. The minimum atomic E-state index is -0.280. The number of methoxy groups -OCH3 is 1. The molecule has 0 atom stereocenters. The molecule has 8 nitrogen and oxygen atoms in total. The van der Waals surface area contributed by atoms with Crippen LogP contribution in [0.25, 0.3) is 0 Å². The molecule has 3 N–H and O–H groups in total. The summed E-state index contributed by atoms with van der Waals surface area (Å²) in [5.74, 6) is 0.849. The molecule has 8 heteroatoms. The SMILES string of the molecule is COc1ccc(COCc2cccc(NC(=O)NCc3ccc(N4CCNC(=O)C4)cc3)c2)cc1. The highest BCUT2D eigenvalue weighted by atomic mass is 16.5. The number of ether oxygens (including phenoxy) is 2. The standard InChI is InChI=1S/C27H30N4O4/c1-34-25-11-7-21(8-12-25)18-35-19-22-3-2-4-23(15-22)30-27(33)29-16-20-5-9-24(10-6-20)31-14-13-28-26(32)17-31/h2-12,15H,13-14,16-19H2,1H3,(H,28,32)(H2,29,30,33). The highest BCUT2D eigenvalue weighted by Gasteiger charge is 2.16. The first-order valence-corrected chi connectivity index (χ1v) is 11.5. The first-order chi connectivity index (χ1) is 17.1. The van der Waals surface area contributed by atoms with Crippen LogP contribution in [0.1, 0.15) is 16.7 Å². The van der Waals surface area contributed by atoms with E-state index < -0.39 is 0 Å². The minimum absolute atomic E-state index is 0.0338. The van der Waals surface area contributed by atoms with Crippen LogP contribution in [0.3, 0.4) is 0 Å². The van der Waals surface area contributed by atoms with E-state index in [4.69, 9.17) is 9.47 Å². The lowest BCUT2D eigenvalue weighted by Gasteiger charge is -2.28. The third-order valence-corrected chi connectivity index (χ3v) is 5.67. The molecular weight excluding hydrogens is 444 g/mol. The van der Waals surface area contributed by atoms with Crippen LogP contribution in [0, 0.1) is 0 Å². The Bertz CT molecular complexity index is 1130. The van der Waals surface area contributed by atoms with Gasteiger partial charge in [0, 0.05) is 31.0 Å². The Labute approximate surface area is 205 Å². The molecule has 35 heavy (non-hydrogen) atoms. The zero-order chi connectivity index (χ0) is 24.5. The van der Waals surface area contributed by atoms with Gasteiger partial charge in [0.05, 0.1) is 26.9 Å².